The van der Waals surface area contributed by atoms with E-state index in [1.807, 2.05) is 0 Å². The molecular formula is C10H16BrNO3. The molecule has 0 bridgehead atoms. The van der Waals surface area contributed by atoms with Crippen molar-refractivity contribution in [2.45, 2.75) is 40.2 Å². The molecular weight excluding hydrogens is 262 g/mol. The van der Waals surface area contributed by atoms with Gasteiger partial charge in [-0.2, -0.15) is 0 Å². The van der Waals surface area contributed by atoms with Gasteiger partial charge in [0.25, 0.3) is 0 Å². The Hall–Kier alpha value is -0.840. The first-order valence-electron chi connectivity index (χ1n) is 4.51. The van der Waals surface area contributed by atoms with Gasteiger partial charge in [0.05, 0.1) is 0 Å². The van der Waals surface area contributed by atoms with Gasteiger partial charge in [0.15, 0.2) is 0 Å². The van der Waals surface area contributed by atoms with E-state index in [0.29, 0.717) is 4.48 Å². The number of allylic oxidation sites excluding steroid dienone is 1. The number of esters is 1. The first-order valence-corrected chi connectivity index (χ1v) is 5.30. The van der Waals surface area contributed by atoms with Gasteiger partial charge in [-0.1, -0.05) is 15.9 Å². The Morgan fingerprint density at radius 2 is 1.67 bits per heavy atom. The largest absolute Gasteiger partial charge is 0.455 e. The zero-order valence-corrected chi connectivity index (χ0v) is 11.2. The maximum atomic E-state index is 11.6. The Kier molecular flexibility index (Phi) is 5.00. The van der Waals surface area contributed by atoms with Crippen molar-refractivity contribution in [3.63, 3.8) is 0 Å². The molecule has 0 saturated heterocycles. The molecule has 0 aliphatic rings. The van der Waals surface area contributed by atoms with Gasteiger partial charge in [-0.15, -0.1) is 0 Å². The van der Waals surface area contributed by atoms with E-state index in [1.165, 1.54) is 6.92 Å². The zero-order chi connectivity index (χ0) is 12.2. The first kappa shape index (κ1) is 14.2. The maximum Gasteiger partial charge on any atom is 0.356 e. The molecule has 0 radical (unpaired) electrons. The molecule has 0 fully saturated rings. The number of carbonyl (C=O) groups is 2. The van der Waals surface area contributed by atoms with Gasteiger partial charge in [-0.3, -0.25) is 4.79 Å². The number of nitrogens with one attached hydrogen (secondary N) is 1. The zero-order valence-electron chi connectivity index (χ0n) is 9.60. The van der Waals surface area contributed by atoms with Crippen LogP contribution in [0.1, 0.15) is 34.6 Å². The molecule has 15 heavy (non-hydrogen) atoms. The van der Waals surface area contributed by atoms with Crippen molar-refractivity contribution >= 4 is 27.8 Å². The quantitative estimate of drug-likeness (QED) is 0.621. The van der Waals surface area contributed by atoms with Crippen LogP contribution in [0.15, 0.2) is 10.2 Å². The van der Waals surface area contributed by atoms with Gasteiger partial charge in [-0.05, 0) is 27.7 Å². The van der Waals surface area contributed by atoms with E-state index in [0.717, 1.165) is 0 Å². The van der Waals surface area contributed by atoms with Crippen LogP contribution in [0.5, 0.6) is 0 Å². The molecule has 0 saturated carbocycles. The van der Waals surface area contributed by atoms with E-state index in [1.54, 1.807) is 27.7 Å². The van der Waals surface area contributed by atoms with Crippen LogP contribution in [0.2, 0.25) is 0 Å². The van der Waals surface area contributed by atoms with Crippen LogP contribution in [-0.4, -0.2) is 17.5 Å². The fourth-order valence-electron chi connectivity index (χ4n) is 0.783. The smallest absolute Gasteiger partial charge is 0.356 e. The summed E-state index contributed by atoms with van der Waals surface area (Å²) in [5, 5.41) is 2.42. The van der Waals surface area contributed by atoms with Crippen molar-refractivity contribution in [1.29, 1.82) is 0 Å². The van der Waals surface area contributed by atoms with Crippen molar-refractivity contribution in [2.75, 3.05) is 0 Å². The lowest BCUT2D eigenvalue weighted by molar-refractivity contribution is -0.151. The average Bonchev–Trinajstić information content (AvgIpc) is 1.95. The third-order valence-corrected chi connectivity index (χ3v) is 1.65. The lowest BCUT2D eigenvalue weighted by Crippen LogP contribution is -2.32. The van der Waals surface area contributed by atoms with Crippen LogP contribution in [0.25, 0.3) is 0 Å². The van der Waals surface area contributed by atoms with Gasteiger partial charge in [-0.25, -0.2) is 4.79 Å². The van der Waals surface area contributed by atoms with Crippen LogP contribution in [0.3, 0.4) is 0 Å². The van der Waals surface area contributed by atoms with E-state index < -0.39 is 11.6 Å². The van der Waals surface area contributed by atoms with Crippen LogP contribution in [-0.2, 0) is 14.3 Å². The van der Waals surface area contributed by atoms with Crippen LogP contribution in [0, 0.1) is 0 Å². The second-order valence-corrected chi connectivity index (χ2v) is 5.28. The second kappa shape index (κ2) is 5.30. The highest BCUT2D eigenvalue weighted by Gasteiger charge is 2.21. The summed E-state index contributed by atoms with van der Waals surface area (Å²) >= 11 is 3.14. The second-order valence-electron chi connectivity index (χ2n) is 4.09. The molecule has 1 amide bonds. The summed E-state index contributed by atoms with van der Waals surface area (Å²) in [6.45, 7) is 8.29. The van der Waals surface area contributed by atoms with Gasteiger partial charge in [0.1, 0.15) is 11.3 Å². The van der Waals surface area contributed by atoms with Crippen molar-refractivity contribution in [2.24, 2.45) is 0 Å². The molecule has 0 rings (SSSR count). The molecule has 0 unspecified atom stereocenters. The number of hydrogen-bond donors (Lipinski definition) is 1. The molecule has 86 valence electrons. The minimum absolute atomic E-state index is 0.137. The standard InChI is InChI=1S/C10H16BrNO3/c1-6(11)8(12-7(2)13)9(14)15-10(3,4)5/h1-5H3,(H,12,13). The summed E-state index contributed by atoms with van der Waals surface area (Å²) < 4.78 is 5.65. The van der Waals surface area contributed by atoms with Crippen molar-refractivity contribution in [3.8, 4) is 0 Å². The number of hydrogen-bond acceptors (Lipinski definition) is 3. The number of amides is 1. The topological polar surface area (TPSA) is 55.4 Å². The molecule has 0 aromatic carbocycles. The minimum atomic E-state index is -0.580. The molecule has 5 heteroatoms. The molecule has 4 nitrogen and oxygen atoms in total. The number of rotatable bonds is 2. The first-order chi connectivity index (χ1) is 6.63. The molecule has 0 aromatic heterocycles. The summed E-state index contributed by atoms with van der Waals surface area (Å²) in [7, 11) is 0. The monoisotopic (exact) mass is 277 g/mol. The van der Waals surface area contributed by atoms with Crippen molar-refractivity contribution in [1.82, 2.24) is 5.32 Å². The highest BCUT2D eigenvalue weighted by molar-refractivity contribution is 9.11. The van der Waals surface area contributed by atoms with Crippen molar-refractivity contribution in [3.05, 3.63) is 10.2 Å². The third kappa shape index (κ3) is 6.28. The van der Waals surface area contributed by atoms with E-state index in [9.17, 15) is 9.59 Å². The Balaban J connectivity index is 4.75. The van der Waals surface area contributed by atoms with E-state index in [2.05, 4.69) is 21.2 Å². The highest BCUT2D eigenvalue weighted by Crippen LogP contribution is 2.15. The molecule has 0 heterocycles. The summed E-state index contributed by atoms with van der Waals surface area (Å²) in [5.74, 6) is -0.860. The van der Waals surface area contributed by atoms with Crippen LogP contribution >= 0.6 is 15.9 Å². The van der Waals surface area contributed by atoms with Crippen molar-refractivity contribution < 1.29 is 14.3 Å². The molecule has 1 N–H and O–H groups in total. The Morgan fingerprint density at radius 3 is 1.93 bits per heavy atom. The minimum Gasteiger partial charge on any atom is -0.455 e. The third-order valence-electron chi connectivity index (χ3n) is 1.25. The number of carbonyl (C=O) groups excluding carboxylic acids is 2. The molecule has 0 spiro atoms. The van der Waals surface area contributed by atoms with Gasteiger partial charge in [0, 0.05) is 11.4 Å². The fourth-order valence-corrected chi connectivity index (χ4v) is 1.04. The summed E-state index contributed by atoms with van der Waals surface area (Å²) in [6, 6.07) is 0. The Bertz CT molecular complexity index is 298. The Morgan fingerprint density at radius 1 is 1.20 bits per heavy atom. The lowest BCUT2D eigenvalue weighted by atomic mass is 10.2. The molecule has 0 atom stereocenters. The van der Waals surface area contributed by atoms with E-state index in [-0.39, 0.29) is 11.6 Å². The summed E-state index contributed by atoms with van der Waals surface area (Å²) in [4.78, 5) is 22.5. The van der Waals surface area contributed by atoms with E-state index in [4.69, 9.17) is 4.74 Å². The summed E-state index contributed by atoms with van der Waals surface area (Å²) in [6.07, 6.45) is 0. The highest BCUT2D eigenvalue weighted by atomic mass is 79.9. The normalized spacial score (nSPS) is 12.9. The van der Waals surface area contributed by atoms with Gasteiger partial charge < -0.3 is 10.1 Å². The van der Waals surface area contributed by atoms with E-state index >= 15 is 0 Å². The Labute approximate surface area is 98.2 Å². The van der Waals surface area contributed by atoms with Gasteiger partial charge >= 0.3 is 5.97 Å². The maximum absolute atomic E-state index is 11.6. The molecule has 0 aromatic rings. The average molecular weight is 278 g/mol. The SMILES string of the molecule is CC(=O)NC(C(=O)OC(C)(C)C)=C(C)Br. The summed E-state index contributed by atoms with van der Waals surface area (Å²) in [5.41, 5.74) is -0.444. The molecule has 0 aliphatic carbocycles. The number of halogens is 1. The predicted molar refractivity (Wildman–Crippen MR) is 61.3 cm³/mol. The van der Waals surface area contributed by atoms with Crippen LogP contribution < -0.4 is 5.32 Å². The van der Waals surface area contributed by atoms with Gasteiger partial charge in [0.2, 0.25) is 5.91 Å². The predicted octanol–water partition coefficient (Wildman–Crippen LogP) is 2.09. The molecule has 0 aliphatic heterocycles. The lowest BCUT2D eigenvalue weighted by Gasteiger charge is -2.20. The van der Waals surface area contributed by atoms with Crippen LogP contribution in [0.4, 0.5) is 0 Å². The number of ether oxygens (including phenoxy) is 1. The fraction of sp³-hybridized carbons (Fsp3) is 0.600.